The van der Waals surface area contributed by atoms with Gasteiger partial charge in [-0.05, 0) is 47.3 Å². The number of aryl methyl sites for hydroxylation is 1. The first-order chi connectivity index (χ1) is 12.5. The van der Waals surface area contributed by atoms with Gasteiger partial charge in [0.05, 0.1) is 4.47 Å². The smallest absolute Gasteiger partial charge is 0.224 e. The topological polar surface area (TPSA) is 85.7 Å². The van der Waals surface area contributed by atoms with Crippen molar-refractivity contribution >= 4 is 33.4 Å². The second-order valence-electron chi connectivity index (χ2n) is 6.39. The fraction of sp³-hybridized carbons (Fsp3) is 0.316. The monoisotopic (exact) mass is 414 g/mol. The van der Waals surface area contributed by atoms with E-state index >= 15 is 0 Å². The molecule has 0 bridgehead atoms. The zero-order valence-electron chi connectivity index (χ0n) is 14.9. The third-order valence-corrected chi connectivity index (χ3v) is 4.74. The predicted octanol–water partition coefficient (Wildman–Crippen LogP) is 4.06. The molecule has 1 saturated carbocycles. The highest BCUT2D eigenvalue weighted by Gasteiger charge is 2.25. The number of anilines is 2. The molecule has 1 aromatic carbocycles. The highest BCUT2D eigenvalue weighted by Crippen LogP contribution is 2.30. The van der Waals surface area contributed by atoms with Crippen molar-refractivity contribution in [3.63, 3.8) is 0 Å². The number of rotatable bonds is 8. The molecule has 136 valence electrons. The molecule has 2 aromatic rings. The van der Waals surface area contributed by atoms with Gasteiger partial charge < -0.3 is 21.4 Å². The van der Waals surface area contributed by atoms with Gasteiger partial charge in [0.15, 0.2) is 5.82 Å². The standard InChI is InChI=1S/C19H23BrN6/c1-12-3-5-13(6-4-12)10-23-19-24-11-15(20)18(26-19)25-17(22-2)9-16(21)14-7-8-14/h3-6,9,11,14,21-22H,7-8,10H2,1-2H3,(H2,23,24,25,26)/b17-9+,21-16?. The van der Waals surface area contributed by atoms with E-state index < -0.39 is 0 Å². The Hall–Kier alpha value is -2.41. The minimum absolute atomic E-state index is 0.403. The highest BCUT2D eigenvalue weighted by molar-refractivity contribution is 9.10. The maximum Gasteiger partial charge on any atom is 0.224 e. The van der Waals surface area contributed by atoms with E-state index in [0.29, 0.717) is 29.9 Å². The van der Waals surface area contributed by atoms with Crippen LogP contribution in [0.4, 0.5) is 11.8 Å². The number of halogens is 1. The van der Waals surface area contributed by atoms with Gasteiger partial charge >= 0.3 is 0 Å². The fourth-order valence-electron chi connectivity index (χ4n) is 2.39. The zero-order chi connectivity index (χ0) is 18.5. The Kier molecular flexibility index (Phi) is 5.88. The van der Waals surface area contributed by atoms with Crippen molar-refractivity contribution in [3.05, 3.63) is 58.0 Å². The average molecular weight is 415 g/mol. The van der Waals surface area contributed by atoms with Crippen LogP contribution in [0.1, 0.15) is 24.0 Å². The van der Waals surface area contributed by atoms with Crippen molar-refractivity contribution in [1.29, 1.82) is 5.41 Å². The van der Waals surface area contributed by atoms with Crippen LogP contribution in [0.3, 0.4) is 0 Å². The van der Waals surface area contributed by atoms with Gasteiger partial charge in [-0.25, -0.2) is 4.98 Å². The molecule has 1 aliphatic carbocycles. The summed E-state index contributed by atoms with van der Waals surface area (Å²) in [6.45, 7) is 2.73. The summed E-state index contributed by atoms with van der Waals surface area (Å²) in [6, 6.07) is 8.36. The lowest BCUT2D eigenvalue weighted by molar-refractivity contribution is 0.977. The SMILES string of the molecule is CN/C(=C\C(=N)C1CC1)Nc1nc(NCc2ccc(C)cc2)ncc1Br. The number of hydrogen-bond donors (Lipinski definition) is 4. The lowest BCUT2D eigenvalue weighted by Crippen LogP contribution is -2.18. The van der Waals surface area contributed by atoms with Gasteiger partial charge in [0.25, 0.3) is 0 Å². The molecule has 1 aromatic heterocycles. The highest BCUT2D eigenvalue weighted by atomic mass is 79.9. The van der Waals surface area contributed by atoms with Crippen molar-refractivity contribution in [2.75, 3.05) is 17.7 Å². The molecule has 0 atom stereocenters. The van der Waals surface area contributed by atoms with Crippen LogP contribution in [0.5, 0.6) is 0 Å². The number of allylic oxidation sites excluding steroid dienone is 1. The lowest BCUT2D eigenvalue weighted by atomic mass is 10.1. The number of hydrogen-bond acceptors (Lipinski definition) is 6. The minimum Gasteiger partial charge on any atom is -0.375 e. The quantitative estimate of drug-likeness (QED) is 0.489. The number of nitrogens with one attached hydrogen (secondary N) is 4. The third kappa shape index (κ3) is 5.05. The Labute approximate surface area is 162 Å². The number of benzene rings is 1. The Morgan fingerprint density at radius 1 is 1.31 bits per heavy atom. The van der Waals surface area contributed by atoms with Crippen molar-refractivity contribution in [3.8, 4) is 0 Å². The van der Waals surface area contributed by atoms with Gasteiger partial charge in [-0.15, -0.1) is 0 Å². The van der Waals surface area contributed by atoms with Gasteiger partial charge in [0.2, 0.25) is 5.95 Å². The molecule has 1 fully saturated rings. The van der Waals surface area contributed by atoms with E-state index in [2.05, 4.69) is 73.0 Å². The molecule has 0 radical (unpaired) electrons. The summed E-state index contributed by atoms with van der Waals surface area (Å²) in [6.07, 6.45) is 5.76. The van der Waals surface area contributed by atoms with Crippen molar-refractivity contribution in [1.82, 2.24) is 15.3 Å². The van der Waals surface area contributed by atoms with Gasteiger partial charge in [-0.2, -0.15) is 4.98 Å². The van der Waals surface area contributed by atoms with E-state index in [0.717, 1.165) is 23.1 Å². The molecule has 1 aliphatic rings. The summed E-state index contributed by atoms with van der Waals surface area (Å²) in [5, 5.41) is 17.6. The molecule has 0 amide bonds. The molecule has 4 N–H and O–H groups in total. The Morgan fingerprint density at radius 3 is 2.69 bits per heavy atom. The van der Waals surface area contributed by atoms with E-state index in [1.54, 1.807) is 6.20 Å². The molecule has 0 spiro atoms. The Balaban J connectivity index is 1.68. The van der Waals surface area contributed by atoms with Crippen LogP contribution in [0.25, 0.3) is 0 Å². The molecular weight excluding hydrogens is 392 g/mol. The normalized spacial score (nSPS) is 14.0. The van der Waals surface area contributed by atoms with Crippen LogP contribution in [0, 0.1) is 18.3 Å². The van der Waals surface area contributed by atoms with Gasteiger partial charge in [0, 0.05) is 31.4 Å². The first kappa shape index (κ1) is 18.4. The van der Waals surface area contributed by atoms with Crippen LogP contribution < -0.4 is 16.0 Å². The zero-order valence-corrected chi connectivity index (χ0v) is 16.5. The largest absolute Gasteiger partial charge is 0.375 e. The molecule has 0 saturated heterocycles. The van der Waals surface area contributed by atoms with Crippen LogP contribution >= 0.6 is 15.9 Å². The van der Waals surface area contributed by atoms with E-state index in [-0.39, 0.29) is 0 Å². The van der Waals surface area contributed by atoms with Crippen LogP contribution in [0.2, 0.25) is 0 Å². The molecule has 6 nitrogen and oxygen atoms in total. The summed E-state index contributed by atoms with van der Waals surface area (Å²) < 4.78 is 0.762. The van der Waals surface area contributed by atoms with Crippen molar-refractivity contribution in [2.24, 2.45) is 5.92 Å². The Morgan fingerprint density at radius 2 is 2.04 bits per heavy atom. The van der Waals surface area contributed by atoms with Crippen molar-refractivity contribution in [2.45, 2.75) is 26.3 Å². The van der Waals surface area contributed by atoms with Crippen LogP contribution in [-0.4, -0.2) is 22.7 Å². The summed E-state index contributed by atoms with van der Waals surface area (Å²) >= 11 is 3.48. The summed E-state index contributed by atoms with van der Waals surface area (Å²) in [5.74, 6) is 2.34. The lowest BCUT2D eigenvalue weighted by Gasteiger charge is -2.13. The van der Waals surface area contributed by atoms with E-state index in [9.17, 15) is 0 Å². The first-order valence-corrected chi connectivity index (χ1v) is 9.41. The number of nitrogens with zero attached hydrogens (tertiary/aromatic N) is 2. The predicted molar refractivity (Wildman–Crippen MR) is 109 cm³/mol. The summed E-state index contributed by atoms with van der Waals surface area (Å²) in [5.41, 5.74) is 3.05. The van der Waals surface area contributed by atoms with Crippen molar-refractivity contribution < 1.29 is 0 Å². The third-order valence-electron chi connectivity index (χ3n) is 4.15. The van der Waals surface area contributed by atoms with Gasteiger partial charge in [0.1, 0.15) is 5.82 Å². The second kappa shape index (κ2) is 8.31. The van der Waals surface area contributed by atoms with Gasteiger partial charge in [-0.1, -0.05) is 29.8 Å². The van der Waals surface area contributed by atoms with E-state index in [4.69, 9.17) is 5.41 Å². The average Bonchev–Trinajstić information content (AvgIpc) is 3.48. The maximum atomic E-state index is 8.06. The first-order valence-electron chi connectivity index (χ1n) is 8.62. The molecule has 1 heterocycles. The van der Waals surface area contributed by atoms with Crippen LogP contribution in [0.15, 0.2) is 46.8 Å². The minimum atomic E-state index is 0.403. The van der Waals surface area contributed by atoms with E-state index in [1.165, 1.54) is 11.1 Å². The molecule has 0 aliphatic heterocycles. The Bertz CT molecular complexity index is 811. The molecule has 26 heavy (non-hydrogen) atoms. The second-order valence-corrected chi connectivity index (χ2v) is 7.25. The van der Waals surface area contributed by atoms with E-state index in [1.807, 2.05) is 13.1 Å². The summed E-state index contributed by atoms with van der Waals surface area (Å²) in [4.78, 5) is 8.84. The fourth-order valence-corrected chi connectivity index (χ4v) is 2.68. The molecule has 3 rings (SSSR count). The molecule has 0 unspecified atom stereocenters. The summed E-state index contributed by atoms with van der Waals surface area (Å²) in [7, 11) is 1.82. The molecule has 7 heteroatoms. The van der Waals surface area contributed by atoms with Gasteiger partial charge in [-0.3, -0.25) is 0 Å². The molecular formula is C19H23BrN6. The van der Waals surface area contributed by atoms with Crippen LogP contribution in [-0.2, 0) is 6.54 Å². The maximum absolute atomic E-state index is 8.06. The number of aromatic nitrogens is 2.